The van der Waals surface area contributed by atoms with Gasteiger partial charge in [0, 0.05) is 12.8 Å². The number of hydrogen-bond acceptors (Lipinski definition) is 2. The molecule has 2 heteroatoms. The highest BCUT2D eigenvalue weighted by atomic mass is 15.2. The highest BCUT2D eigenvalue weighted by Gasteiger charge is 2.31. The Balaban J connectivity index is 2.05. The molecule has 1 N–H and O–H groups in total. The second-order valence-corrected chi connectivity index (χ2v) is 3.28. The quantitative estimate of drug-likeness (QED) is 0.536. The molecule has 56 valence electrons. The molecule has 1 heterocycles. The Morgan fingerprint density at radius 2 is 2.00 bits per heavy atom. The lowest BCUT2D eigenvalue weighted by Crippen LogP contribution is -2.41. The van der Waals surface area contributed by atoms with Crippen molar-refractivity contribution in [2.45, 2.75) is 37.8 Å². The van der Waals surface area contributed by atoms with Crippen LogP contribution < -0.4 is 5.32 Å². The number of nitrogens with one attached hydrogen (secondary N) is 1. The van der Waals surface area contributed by atoms with Crippen molar-refractivity contribution in [3.63, 3.8) is 0 Å². The van der Waals surface area contributed by atoms with E-state index in [4.69, 9.17) is 0 Å². The molecular formula is C8H14N2. The lowest BCUT2D eigenvalue weighted by atomic mass is 9.90. The summed E-state index contributed by atoms with van der Waals surface area (Å²) in [5, 5.41) is 3.45. The Morgan fingerprint density at radius 3 is 2.60 bits per heavy atom. The lowest BCUT2D eigenvalue weighted by molar-refractivity contribution is 0.266. The summed E-state index contributed by atoms with van der Waals surface area (Å²) < 4.78 is 0. The third-order valence-corrected chi connectivity index (χ3v) is 2.54. The molecule has 2 aliphatic rings. The monoisotopic (exact) mass is 138 g/mol. The first-order chi connectivity index (χ1) is 4.91. The zero-order chi connectivity index (χ0) is 6.86. The lowest BCUT2D eigenvalue weighted by Gasteiger charge is -2.30. The molecule has 1 spiro atoms. The summed E-state index contributed by atoms with van der Waals surface area (Å²) in [4.78, 5) is 4.49. The van der Waals surface area contributed by atoms with Crippen molar-refractivity contribution in [1.29, 1.82) is 0 Å². The fraction of sp³-hybridized carbons (Fsp3) is 0.875. The fourth-order valence-corrected chi connectivity index (χ4v) is 1.94. The maximum Gasteiger partial charge on any atom is 0.110 e. The molecule has 0 aromatic heterocycles. The molecule has 0 aromatic carbocycles. The molecule has 1 aliphatic heterocycles. The Kier molecular flexibility index (Phi) is 1.49. The van der Waals surface area contributed by atoms with Crippen LogP contribution in [0.5, 0.6) is 0 Å². The van der Waals surface area contributed by atoms with Crippen LogP contribution in [0.15, 0.2) is 4.99 Å². The van der Waals surface area contributed by atoms with E-state index in [1.807, 2.05) is 6.21 Å². The molecule has 0 aromatic rings. The van der Waals surface area contributed by atoms with E-state index < -0.39 is 0 Å². The van der Waals surface area contributed by atoms with Gasteiger partial charge in [-0.05, 0) is 25.7 Å². The van der Waals surface area contributed by atoms with Crippen LogP contribution >= 0.6 is 0 Å². The van der Waals surface area contributed by atoms with Crippen LogP contribution in [0, 0.1) is 0 Å². The van der Waals surface area contributed by atoms with Crippen LogP contribution in [-0.2, 0) is 0 Å². The van der Waals surface area contributed by atoms with Gasteiger partial charge in [0.2, 0.25) is 0 Å². The molecular weight excluding hydrogens is 124 g/mol. The number of nitrogens with zero attached hydrogens (tertiary/aromatic N) is 1. The molecule has 2 nitrogen and oxygen atoms in total. The van der Waals surface area contributed by atoms with Gasteiger partial charge in [0.25, 0.3) is 0 Å². The summed E-state index contributed by atoms with van der Waals surface area (Å²) in [6.45, 7) is 0.986. The number of aliphatic imine (C=N–C) groups is 1. The minimum Gasteiger partial charge on any atom is -0.288 e. The Hall–Kier alpha value is -0.370. The van der Waals surface area contributed by atoms with E-state index in [2.05, 4.69) is 10.3 Å². The maximum atomic E-state index is 4.49. The van der Waals surface area contributed by atoms with E-state index in [-0.39, 0.29) is 5.66 Å². The first kappa shape index (κ1) is 6.35. The number of hydrogen-bond donors (Lipinski definition) is 1. The standard InChI is InChI=1S/C8H14N2/c1-2-4-8(5-3-1)9-6-7-10-8/h6,10H,1-5,7H2. The van der Waals surface area contributed by atoms with Gasteiger partial charge in [-0.3, -0.25) is 10.3 Å². The van der Waals surface area contributed by atoms with E-state index in [1.54, 1.807) is 0 Å². The first-order valence-electron chi connectivity index (χ1n) is 4.20. The largest absolute Gasteiger partial charge is 0.288 e. The van der Waals surface area contributed by atoms with Crippen molar-refractivity contribution in [2.24, 2.45) is 4.99 Å². The summed E-state index contributed by atoms with van der Waals surface area (Å²) in [5.41, 5.74) is 0.193. The van der Waals surface area contributed by atoms with Gasteiger partial charge >= 0.3 is 0 Å². The van der Waals surface area contributed by atoms with Crippen molar-refractivity contribution >= 4 is 6.21 Å². The van der Waals surface area contributed by atoms with Crippen LogP contribution in [0.1, 0.15) is 32.1 Å². The van der Waals surface area contributed by atoms with Crippen molar-refractivity contribution in [2.75, 3.05) is 6.54 Å². The van der Waals surface area contributed by atoms with E-state index >= 15 is 0 Å². The van der Waals surface area contributed by atoms with Gasteiger partial charge in [-0.15, -0.1) is 0 Å². The van der Waals surface area contributed by atoms with Gasteiger partial charge in [0.1, 0.15) is 5.66 Å². The molecule has 1 aliphatic carbocycles. The van der Waals surface area contributed by atoms with Crippen LogP contribution in [-0.4, -0.2) is 18.4 Å². The van der Waals surface area contributed by atoms with Gasteiger partial charge in [-0.1, -0.05) is 6.42 Å². The molecule has 2 rings (SSSR count). The average molecular weight is 138 g/mol. The molecule has 10 heavy (non-hydrogen) atoms. The molecule has 0 amide bonds. The predicted molar refractivity (Wildman–Crippen MR) is 42.3 cm³/mol. The zero-order valence-electron chi connectivity index (χ0n) is 6.27. The van der Waals surface area contributed by atoms with Gasteiger partial charge in [-0.2, -0.15) is 0 Å². The highest BCUT2D eigenvalue weighted by molar-refractivity contribution is 5.63. The minimum atomic E-state index is 0.193. The first-order valence-corrected chi connectivity index (χ1v) is 4.20. The normalized spacial score (nSPS) is 29.6. The van der Waals surface area contributed by atoms with Gasteiger partial charge in [-0.25, -0.2) is 0 Å². The second-order valence-electron chi connectivity index (χ2n) is 3.28. The molecule has 1 fully saturated rings. The Labute approximate surface area is 61.7 Å². The highest BCUT2D eigenvalue weighted by Crippen LogP contribution is 2.30. The zero-order valence-corrected chi connectivity index (χ0v) is 6.27. The molecule has 0 saturated heterocycles. The smallest absolute Gasteiger partial charge is 0.110 e. The van der Waals surface area contributed by atoms with Crippen molar-refractivity contribution in [1.82, 2.24) is 5.32 Å². The fourth-order valence-electron chi connectivity index (χ4n) is 1.94. The molecule has 0 bridgehead atoms. The molecule has 1 saturated carbocycles. The summed E-state index contributed by atoms with van der Waals surface area (Å²) in [6.07, 6.45) is 8.63. The summed E-state index contributed by atoms with van der Waals surface area (Å²) in [5.74, 6) is 0. The third-order valence-electron chi connectivity index (χ3n) is 2.54. The van der Waals surface area contributed by atoms with E-state index in [9.17, 15) is 0 Å². The Morgan fingerprint density at radius 1 is 1.20 bits per heavy atom. The van der Waals surface area contributed by atoms with E-state index in [1.165, 1.54) is 32.1 Å². The van der Waals surface area contributed by atoms with Crippen LogP contribution in [0.4, 0.5) is 0 Å². The van der Waals surface area contributed by atoms with Gasteiger partial charge in [0.15, 0.2) is 0 Å². The molecule has 0 atom stereocenters. The van der Waals surface area contributed by atoms with Crippen molar-refractivity contribution in [3.05, 3.63) is 0 Å². The van der Waals surface area contributed by atoms with Gasteiger partial charge < -0.3 is 0 Å². The minimum absolute atomic E-state index is 0.193. The van der Waals surface area contributed by atoms with E-state index in [0.717, 1.165) is 6.54 Å². The number of rotatable bonds is 0. The predicted octanol–water partition coefficient (Wildman–Crippen LogP) is 1.32. The van der Waals surface area contributed by atoms with Crippen LogP contribution in [0.2, 0.25) is 0 Å². The summed E-state index contributed by atoms with van der Waals surface area (Å²) >= 11 is 0. The average Bonchev–Trinajstić information content (AvgIpc) is 2.39. The second kappa shape index (κ2) is 2.35. The SMILES string of the molecule is C1=NC2(CCCCC2)NC1. The van der Waals surface area contributed by atoms with Gasteiger partial charge in [0.05, 0.1) is 0 Å². The molecule has 0 radical (unpaired) electrons. The third kappa shape index (κ3) is 0.966. The Bertz CT molecular complexity index is 145. The van der Waals surface area contributed by atoms with Crippen molar-refractivity contribution < 1.29 is 0 Å². The van der Waals surface area contributed by atoms with Crippen molar-refractivity contribution in [3.8, 4) is 0 Å². The molecule has 0 unspecified atom stereocenters. The van der Waals surface area contributed by atoms with Crippen LogP contribution in [0.25, 0.3) is 0 Å². The van der Waals surface area contributed by atoms with E-state index in [0.29, 0.717) is 0 Å². The summed E-state index contributed by atoms with van der Waals surface area (Å²) in [7, 11) is 0. The summed E-state index contributed by atoms with van der Waals surface area (Å²) in [6, 6.07) is 0. The maximum absolute atomic E-state index is 4.49. The topological polar surface area (TPSA) is 24.4 Å². The van der Waals surface area contributed by atoms with Crippen LogP contribution in [0.3, 0.4) is 0 Å².